The highest BCUT2D eigenvalue weighted by molar-refractivity contribution is 5.85. The van der Waals surface area contributed by atoms with Gasteiger partial charge in [0.15, 0.2) is 0 Å². The highest BCUT2D eigenvalue weighted by Crippen LogP contribution is 2.24. The SMILES string of the molecule is Cl.Cl.N[C@H]1CCCc2cccnc21. The second kappa shape index (κ2) is 5.43. The number of aryl methyl sites for hydroxylation is 1. The van der Waals surface area contributed by atoms with E-state index in [0.29, 0.717) is 0 Å². The highest BCUT2D eigenvalue weighted by atomic mass is 35.5. The van der Waals surface area contributed by atoms with E-state index < -0.39 is 0 Å². The van der Waals surface area contributed by atoms with Crippen LogP contribution in [0.3, 0.4) is 0 Å². The zero-order valence-electron chi connectivity index (χ0n) is 7.27. The summed E-state index contributed by atoms with van der Waals surface area (Å²) in [5, 5.41) is 0. The molecule has 1 aliphatic rings. The predicted molar refractivity (Wildman–Crippen MR) is 58.6 cm³/mol. The molecule has 0 saturated carbocycles. The number of rotatable bonds is 0. The maximum absolute atomic E-state index is 5.88. The Bertz CT molecular complexity index is 266. The van der Waals surface area contributed by atoms with E-state index in [4.69, 9.17) is 5.73 Å². The Balaban J connectivity index is 0.000000720. The highest BCUT2D eigenvalue weighted by Gasteiger charge is 2.16. The number of pyridine rings is 1. The summed E-state index contributed by atoms with van der Waals surface area (Å²) >= 11 is 0. The van der Waals surface area contributed by atoms with E-state index in [1.165, 1.54) is 12.0 Å². The number of nitrogens with two attached hydrogens (primary N) is 1. The summed E-state index contributed by atoms with van der Waals surface area (Å²) in [7, 11) is 0. The van der Waals surface area contributed by atoms with Gasteiger partial charge in [-0.05, 0) is 30.9 Å². The standard InChI is InChI=1S/C9H12N2.2ClH/c10-8-5-1-3-7-4-2-6-11-9(7)8;;/h2,4,6,8H,1,3,5,10H2;2*1H/t8-;;/m0../s1. The summed E-state index contributed by atoms with van der Waals surface area (Å²) < 4.78 is 0. The van der Waals surface area contributed by atoms with Gasteiger partial charge in [-0.1, -0.05) is 6.07 Å². The van der Waals surface area contributed by atoms with Crippen molar-refractivity contribution in [1.29, 1.82) is 0 Å². The second-order valence-electron chi connectivity index (χ2n) is 3.05. The summed E-state index contributed by atoms with van der Waals surface area (Å²) in [6, 6.07) is 4.29. The van der Waals surface area contributed by atoms with Gasteiger partial charge in [0.25, 0.3) is 0 Å². The molecule has 0 radical (unpaired) electrons. The summed E-state index contributed by atoms with van der Waals surface area (Å²) in [5.41, 5.74) is 8.33. The molecule has 0 unspecified atom stereocenters. The summed E-state index contributed by atoms with van der Waals surface area (Å²) in [4.78, 5) is 4.28. The first-order valence-electron chi connectivity index (χ1n) is 4.07. The van der Waals surface area contributed by atoms with Gasteiger partial charge in [0.1, 0.15) is 0 Å². The fraction of sp³-hybridized carbons (Fsp3) is 0.444. The third-order valence-electron chi connectivity index (χ3n) is 2.24. The quantitative estimate of drug-likeness (QED) is 0.729. The molecule has 2 N–H and O–H groups in total. The van der Waals surface area contributed by atoms with Gasteiger partial charge in [0.2, 0.25) is 0 Å². The Hall–Kier alpha value is -0.310. The smallest absolute Gasteiger partial charge is 0.0602 e. The van der Waals surface area contributed by atoms with E-state index in [1.54, 1.807) is 0 Å². The van der Waals surface area contributed by atoms with Crippen molar-refractivity contribution in [3.8, 4) is 0 Å². The maximum Gasteiger partial charge on any atom is 0.0602 e. The molecule has 2 nitrogen and oxygen atoms in total. The van der Waals surface area contributed by atoms with Crippen molar-refractivity contribution >= 4 is 24.8 Å². The van der Waals surface area contributed by atoms with Crippen LogP contribution < -0.4 is 5.73 Å². The number of hydrogen-bond acceptors (Lipinski definition) is 2. The van der Waals surface area contributed by atoms with E-state index >= 15 is 0 Å². The Morgan fingerprint density at radius 1 is 1.38 bits per heavy atom. The van der Waals surface area contributed by atoms with Crippen LogP contribution in [0, 0.1) is 0 Å². The molecular weight excluding hydrogens is 207 g/mol. The Kier molecular flexibility index (Phi) is 5.30. The molecule has 1 aromatic heterocycles. The summed E-state index contributed by atoms with van der Waals surface area (Å²) in [6.07, 6.45) is 5.27. The van der Waals surface area contributed by atoms with E-state index in [-0.39, 0.29) is 30.9 Å². The fourth-order valence-corrected chi connectivity index (χ4v) is 1.65. The van der Waals surface area contributed by atoms with Crippen LogP contribution in [-0.4, -0.2) is 4.98 Å². The molecular formula is C9H14Cl2N2. The first kappa shape index (κ1) is 12.7. The third kappa shape index (κ3) is 2.56. The van der Waals surface area contributed by atoms with Crippen molar-refractivity contribution in [3.05, 3.63) is 29.6 Å². The van der Waals surface area contributed by atoms with Crippen molar-refractivity contribution in [2.24, 2.45) is 5.73 Å². The molecule has 0 aliphatic heterocycles. The number of nitrogens with zero attached hydrogens (tertiary/aromatic N) is 1. The van der Waals surface area contributed by atoms with Crippen LogP contribution in [-0.2, 0) is 6.42 Å². The molecule has 0 aromatic carbocycles. The van der Waals surface area contributed by atoms with E-state index in [0.717, 1.165) is 18.5 Å². The Labute approximate surface area is 90.8 Å². The lowest BCUT2D eigenvalue weighted by atomic mass is 9.93. The van der Waals surface area contributed by atoms with Gasteiger partial charge < -0.3 is 5.73 Å². The normalized spacial score (nSPS) is 19.3. The minimum absolute atomic E-state index is 0. The molecule has 1 aromatic rings. The minimum Gasteiger partial charge on any atom is -0.323 e. The molecule has 74 valence electrons. The fourth-order valence-electron chi connectivity index (χ4n) is 1.65. The molecule has 0 bridgehead atoms. The number of hydrogen-bond donors (Lipinski definition) is 1. The molecule has 1 atom stereocenters. The lowest BCUT2D eigenvalue weighted by Crippen LogP contribution is -2.18. The summed E-state index contributed by atoms with van der Waals surface area (Å²) in [5.74, 6) is 0. The largest absolute Gasteiger partial charge is 0.323 e. The molecule has 2 rings (SSSR count). The van der Waals surface area contributed by atoms with Gasteiger partial charge in [-0.2, -0.15) is 0 Å². The minimum atomic E-state index is 0. The van der Waals surface area contributed by atoms with Crippen LogP contribution in [0.15, 0.2) is 18.3 Å². The molecule has 13 heavy (non-hydrogen) atoms. The topological polar surface area (TPSA) is 38.9 Å². The van der Waals surface area contributed by atoms with Gasteiger partial charge >= 0.3 is 0 Å². The zero-order chi connectivity index (χ0) is 7.68. The average Bonchev–Trinajstić information content (AvgIpc) is 2.06. The van der Waals surface area contributed by atoms with Crippen LogP contribution in [0.5, 0.6) is 0 Å². The van der Waals surface area contributed by atoms with Gasteiger partial charge in [0, 0.05) is 12.2 Å². The second-order valence-corrected chi connectivity index (χ2v) is 3.05. The molecule has 0 spiro atoms. The van der Waals surface area contributed by atoms with Gasteiger partial charge in [-0.25, -0.2) is 0 Å². The monoisotopic (exact) mass is 220 g/mol. The molecule has 4 heteroatoms. The number of aromatic nitrogens is 1. The number of fused-ring (bicyclic) bond motifs is 1. The van der Waals surface area contributed by atoms with Crippen LogP contribution in [0.1, 0.15) is 30.1 Å². The van der Waals surface area contributed by atoms with Crippen LogP contribution >= 0.6 is 24.8 Å². The Morgan fingerprint density at radius 3 is 2.85 bits per heavy atom. The molecule has 1 aliphatic carbocycles. The lowest BCUT2D eigenvalue weighted by Gasteiger charge is -2.19. The van der Waals surface area contributed by atoms with E-state index in [1.807, 2.05) is 12.3 Å². The van der Waals surface area contributed by atoms with Crippen LogP contribution in [0.25, 0.3) is 0 Å². The molecule has 0 fully saturated rings. The van der Waals surface area contributed by atoms with E-state index in [9.17, 15) is 0 Å². The molecule has 0 amide bonds. The van der Waals surface area contributed by atoms with Crippen molar-refractivity contribution in [1.82, 2.24) is 4.98 Å². The number of halogens is 2. The lowest BCUT2D eigenvalue weighted by molar-refractivity contribution is 0.554. The predicted octanol–water partition coefficient (Wildman–Crippen LogP) is 2.26. The first-order chi connectivity index (χ1) is 5.38. The first-order valence-corrected chi connectivity index (χ1v) is 4.07. The van der Waals surface area contributed by atoms with Crippen LogP contribution in [0.4, 0.5) is 0 Å². The van der Waals surface area contributed by atoms with Crippen molar-refractivity contribution in [2.45, 2.75) is 25.3 Å². The van der Waals surface area contributed by atoms with Gasteiger partial charge in [-0.15, -0.1) is 24.8 Å². The summed E-state index contributed by atoms with van der Waals surface area (Å²) in [6.45, 7) is 0. The molecule has 0 saturated heterocycles. The Morgan fingerprint density at radius 2 is 2.15 bits per heavy atom. The van der Waals surface area contributed by atoms with E-state index in [2.05, 4.69) is 11.1 Å². The maximum atomic E-state index is 5.88. The third-order valence-corrected chi connectivity index (χ3v) is 2.24. The van der Waals surface area contributed by atoms with Gasteiger partial charge in [-0.3, -0.25) is 4.98 Å². The van der Waals surface area contributed by atoms with Crippen molar-refractivity contribution in [2.75, 3.05) is 0 Å². The zero-order valence-corrected chi connectivity index (χ0v) is 8.90. The van der Waals surface area contributed by atoms with Crippen LogP contribution in [0.2, 0.25) is 0 Å². The molecule has 1 heterocycles. The average molecular weight is 221 g/mol. The van der Waals surface area contributed by atoms with Crippen molar-refractivity contribution < 1.29 is 0 Å². The van der Waals surface area contributed by atoms with Crippen molar-refractivity contribution in [3.63, 3.8) is 0 Å². The van der Waals surface area contributed by atoms with Gasteiger partial charge in [0.05, 0.1) is 5.69 Å².